The van der Waals surface area contributed by atoms with Gasteiger partial charge in [0.25, 0.3) is 0 Å². The third-order valence-electron chi connectivity index (χ3n) is 8.45. The summed E-state index contributed by atoms with van der Waals surface area (Å²) < 4.78 is 88.7. The van der Waals surface area contributed by atoms with E-state index in [1.165, 1.54) is 6.92 Å². The molecule has 3 N–H and O–H groups in total. The van der Waals surface area contributed by atoms with Crippen molar-refractivity contribution >= 4 is 17.5 Å². The van der Waals surface area contributed by atoms with Crippen molar-refractivity contribution in [3.63, 3.8) is 0 Å². The summed E-state index contributed by atoms with van der Waals surface area (Å²) in [5.41, 5.74) is -1.99. The number of hydrogen-bond acceptors (Lipinski definition) is 7. The quantitative estimate of drug-likeness (QED) is 0.390. The molecule has 244 valence electrons. The maximum absolute atomic E-state index is 13.7. The number of ether oxygens (including phenoxy) is 1. The van der Waals surface area contributed by atoms with Crippen molar-refractivity contribution in [2.45, 2.75) is 63.8 Å². The van der Waals surface area contributed by atoms with E-state index >= 15 is 0 Å². The molecule has 3 aliphatic rings. The molecular formula is C31H35F6N5O3. The Kier molecular flexibility index (Phi) is 8.95. The summed E-state index contributed by atoms with van der Waals surface area (Å²) in [6, 6.07) is 7.57. The van der Waals surface area contributed by atoms with Crippen molar-refractivity contribution in [3.8, 4) is 0 Å². The third-order valence-corrected chi connectivity index (χ3v) is 8.45. The molecule has 5 rings (SSSR count). The number of likely N-dealkylation sites (tertiary alicyclic amines) is 1. The van der Waals surface area contributed by atoms with Crippen molar-refractivity contribution in [2.75, 3.05) is 26.3 Å². The van der Waals surface area contributed by atoms with Crippen LogP contribution in [0.5, 0.6) is 0 Å². The summed E-state index contributed by atoms with van der Waals surface area (Å²) in [5, 5.41) is 19.0. The van der Waals surface area contributed by atoms with Gasteiger partial charge >= 0.3 is 12.4 Å². The number of aliphatic imine (C=N–C) groups is 1. The van der Waals surface area contributed by atoms with Crippen LogP contribution in [0.15, 0.2) is 53.5 Å². The van der Waals surface area contributed by atoms with Gasteiger partial charge in [0, 0.05) is 32.1 Å². The van der Waals surface area contributed by atoms with Gasteiger partial charge in [0.2, 0.25) is 5.91 Å². The fraction of sp³-hybridized carbons (Fsp3) is 0.484. The minimum atomic E-state index is -5.02. The van der Waals surface area contributed by atoms with E-state index in [9.17, 15) is 36.3 Å². The Morgan fingerprint density at radius 2 is 1.80 bits per heavy atom. The molecule has 4 atom stereocenters. The Balaban J connectivity index is 1.61. The van der Waals surface area contributed by atoms with Gasteiger partial charge in [-0.1, -0.05) is 24.3 Å². The Morgan fingerprint density at radius 1 is 1.13 bits per heavy atom. The van der Waals surface area contributed by atoms with E-state index < -0.39 is 47.2 Å². The standard InChI is InChI=1S/C31H35F6N5O3/c1-18-6-4-5-7-23(18)26-14-27(41-9-8-29(3,16-41)40-19(2)43)45-28-24(15-38-17-39-28)25(42(26)44)12-20-10-21(30(32,33)34)13-22(11-20)31(35,36)37/h4-7,10-11,13-14,24-25,27,38,44H,8-9,12,15-17H2,1-3H3,(H,40,43). The Bertz CT molecular complexity index is 1460. The number of aryl methyl sites for hydroxylation is 1. The molecule has 1 amide bonds. The average Bonchev–Trinajstić information content (AvgIpc) is 3.33. The lowest BCUT2D eigenvalue weighted by molar-refractivity contribution is -0.143. The van der Waals surface area contributed by atoms with Gasteiger partial charge in [-0.25, -0.2) is 4.99 Å². The number of fused-ring (bicyclic) bond motifs is 1. The molecule has 8 nitrogen and oxygen atoms in total. The predicted molar refractivity (Wildman–Crippen MR) is 154 cm³/mol. The molecule has 0 radical (unpaired) electrons. The summed E-state index contributed by atoms with van der Waals surface area (Å²) in [7, 11) is 0. The second-order valence-corrected chi connectivity index (χ2v) is 12.1. The molecule has 0 spiro atoms. The van der Waals surface area contributed by atoms with Crippen LogP contribution in [0.2, 0.25) is 0 Å². The zero-order valence-corrected chi connectivity index (χ0v) is 25.0. The van der Waals surface area contributed by atoms with E-state index in [0.717, 1.165) is 10.6 Å². The van der Waals surface area contributed by atoms with Crippen LogP contribution in [0.3, 0.4) is 0 Å². The summed E-state index contributed by atoms with van der Waals surface area (Å²) >= 11 is 0. The van der Waals surface area contributed by atoms with Crippen molar-refractivity contribution in [1.29, 1.82) is 0 Å². The van der Waals surface area contributed by atoms with E-state index in [1.54, 1.807) is 18.2 Å². The van der Waals surface area contributed by atoms with Crippen LogP contribution in [-0.4, -0.2) is 71.1 Å². The second kappa shape index (κ2) is 12.3. The van der Waals surface area contributed by atoms with Crippen LogP contribution in [0.4, 0.5) is 26.3 Å². The van der Waals surface area contributed by atoms with E-state index in [0.29, 0.717) is 37.2 Å². The highest BCUT2D eigenvalue weighted by Crippen LogP contribution is 2.39. The zero-order chi connectivity index (χ0) is 32.7. The molecule has 2 aromatic rings. The molecule has 4 unspecified atom stereocenters. The zero-order valence-electron chi connectivity index (χ0n) is 25.0. The molecule has 0 aliphatic carbocycles. The van der Waals surface area contributed by atoms with Crippen molar-refractivity contribution in [2.24, 2.45) is 10.9 Å². The van der Waals surface area contributed by atoms with Gasteiger partial charge in [-0.2, -0.15) is 26.3 Å². The molecule has 0 saturated carbocycles. The number of hydroxylamine groups is 2. The van der Waals surface area contributed by atoms with Gasteiger partial charge in [0.1, 0.15) is 0 Å². The Morgan fingerprint density at radius 3 is 2.42 bits per heavy atom. The number of carbonyl (C=O) groups excluding carboxylic acids is 1. The summed E-state index contributed by atoms with van der Waals surface area (Å²) in [5.74, 6) is -0.698. The first-order valence-corrected chi connectivity index (χ1v) is 14.5. The second-order valence-electron chi connectivity index (χ2n) is 12.1. The number of nitrogens with zero attached hydrogens (tertiary/aromatic N) is 3. The average molecular weight is 640 g/mol. The molecule has 0 aromatic heterocycles. The van der Waals surface area contributed by atoms with E-state index in [-0.39, 0.29) is 48.8 Å². The topological polar surface area (TPSA) is 89.4 Å². The lowest BCUT2D eigenvalue weighted by Crippen LogP contribution is -2.54. The van der Waals surface area contributed by atoms with Gasteiger partial charge in [-0.15, -0.1) is 0 Å². The van der Waals surface area contributed by atoms with Crippen LogP contribution in [-0.2, 0) is 28.3 Å². The summed E-state index contributed by atoms with van der Waals surface area (Å²) in [6.45, 7) is 6.52. The summed E-state index contributed by atoms with van der Waals surface area (Å²) in [4.78, 5) is 18.3. The van der Waals surface area contributed by atoms with E-state index in [1.807, 2.05) is 30.9 Å². The van der Waals surface area contributed by atoms with Crippen molar-refractivity contribution in [3.05, 3.63) is 76.4 Å². The van der Waals surface area contributed by atoms with Crippen molar-refractivity contribution in [1.82, 2.24) is 20.6 Å². The predicted octanol–water partition coefficient (Wildman–Crippen LogP) is 5.21. The van der Waals surface area contributed by atoms with Gasteiger partial charge < -0.3 is 10.1 Å². The fourth-order valence-electron chi connectivity index (χ4n) is 6.30. The first kappa shape index (κ1) is 32.8. The molecule has 3 aliphatic heterocycles. The fourth-order valence-corrected chi connectivity index (χ4v) is 6.30. The maximum atomic E-state index is 13.7. The SMILES string of the molecule is CC(=O)NC1(C)CCN(C2C=C(c3ccccc3C)N(O)C(Cc3cc(C(F)(F)F)cc(C(F)(F)F)c3)C3CNCN=C3O2)C1. The normalized spacial score (nSPS) is 26.3. The molecule has 2 aromatic carbocycles. The maximum Gasteiger partial charge on any atom is 0.416 e. The number of carbonyl (C=O) groups is 1. The van der Waals surface area contributed by atoms with Crippen molar-refractivity contribution < 1.29 is 41.1 Å². The van der Waals surface area contributed by atoms with Gasteiger partial charge in [-0.3, -0.25) is 25.3 Å². The highest BCUT2D eigenvalue weighted by molar-refractivity contribution is 5.82. The monoisotopic (exact) mass is 639 g/mol. The van der Waals surface area contributed by atoms with Gasteiger partial charge in [0.05, 0.1) is 41.0 Å². The molecule has 1 fully saturated rings. The molecular weight excluding hydrogens is 604 g/mol. The number of hydrogen-bond donors (Lipinski definition) is 3. The van der Waals surface area contributed by atoms with Gasteiger partial charge in [-0.05, 0) is 62.1 Å². The van der Waals surface area contributed by atoms with E-state index in [4.69, 9.17) is 4.74 Å². The largest absolute Gasteiger partial charge is 0.458 e. The van der Waals surface area contributed by atoms with E-state index in [2.05, 4.69) is 15.6 Å². The molecule has 0 bridgehead atoms. The number of nitrogens with one attached hydrogen (secondary N) is 2. The highest BCUT2D eigenvalue weighted by Gasteiger charge is 2.44. The minimum Gasteiger partial charge on any atom is -0.458 e. The van der Waals surface area contributed by atoms with Gasteiger partial charge in [0.15, 0.2) is 12.1 Å². The highest BCUT2D eigenvalue weighted by atomic mass is 19.4. The Hall–Kier alpha value is -3.62. The lowest BCUT2D eigenvalue weighted by Gasteiger charge is -2.42. The smallest absolute Gasteiger partial charge is 0.416 e. The number of benzene rings is 2. The Labute approximate surface area is 256 Å². The minimum absolute atomic E-state index is 0.0878. The lowest BCUT2D eigenvalue weighted by atomic mass is 9.89. The molecule has 45 heavy (non-hydrogen) atoms. The van der Waals surface area contributed by atoms with Crippen LogP contribution in [0.1, 0.15) is 48.1 Å². The number of rotatable bonds is 5. The number of amides is 1. The number of halogens is 6. The molecule has 1 saturated heterocycles. The third kappa shape index (κ3) is 7.28. The first-order valence-electron chi connectivity index (χ1n) is 14.5. The number of alkyl halides is 6. The van der Waals surface area contributed by atoms with Crippen LogP contribution in [0.25, 0.3) is 5.70 Å². The summed E-state index contributed by atoms with van der Waals surface area (Å²) in [6.07, 6.45) is -8.85. The van der Waals surface area contributed by atoms with Crippen LogP contribution < -0.4 is 10.6 Å². The molecule has 3 heterocycles. The molecule has 14 heteroatoms. The first-order chi connectivity index (χ1) is 21.0. The van der Waals surface area contributed by atoms with Crippen LogP contribution >= 0.6 is 0 Å². The van der Waals surface area contributed by atoms with Crippen LogP contribution in [0, 0.1) is 12.8 Å².